The number of aryl methyl sites for hydroxylation is 2. The number of nitrogens with one attached hydrogen (secondary N) is 1. The van der Waals surface area contributed by atoms with Crippen LogP contribution >= 0.6 is 0 Å². The SMILES string of the molecule is C[C@@H](NC(=O)c1cccc(S(=O)(=O)N2CCCC2)c1)c1ccc2c(c1)CCCC2. The summed E-state index contributed by atoms with van der Waals surface area (Å²) in [5.41, 5.74) is 4.25. The first-order chi connectivity index (χ1) is 13.9. The molecule has 1 N–H and O–H groups in total. The van der Waals surface area contributed by atoms with Crippen molar-refractivity contribution in [3.63, 3.8) is 0 Å². The molecule has 0 spiro atoms. The van der Waals surface area contributed by atoms with Crippen LogP contribution in [0.4, 0.5) is 0 Å². The Balaban J connectivity index is 1.50. The highest BCUT2D eigenvalue weighted by Crippen LogP contribution is 2.25. The second-order valence-electron chi connectivity index (χ2n) is 8.07. The molecule has 0 unspecified atom stereocenters. The van der Waals surface area contributed by atoms with Crippen molar-refractivity contribution in [2.45, 2.75) is 56.4 Å². The highest BCUT2D eigenvalue weighted by molar-refractivity contribution is 7.89. The number of fused-ring (bicyclic) bond motifs is 1. The third kappa shape index (κ3) is 4.23. The average Bonchev–Trinajstić information content (AvgIpc) is 3.29. The molecule has 1 amide bonds. The van der Waals surface area contributed by atoms with E-state index in [1.807, 2.05) is 6.92 Å². The van der Waals surface area contributed by atoms with Crippen LogP contribution in [-0.2, 0) is 22.9 Å². The van der Waals surface area contributed by atoms with Crippen LogP contribution in [0.25, 0.3) is 0 Å². The topological polar surface area (TPSA) is 66.5 Å². The van der Waals surface area contributed by atoms with E-state index >= 15 is 0 Å². The monoisotopic (exact) mass is 412 g/mol. The Morgan fingerprint density at radius 1 is 0.966 bits per heavy atom. The molecule has 1 atom stereocenters. The Bertz CT molecular complexity index is 1010. The van der Waals surface area contributed by atoms with Crippen LogP contribution in [0.15, 0.2) is 47.4 Å². The Labute approximate surface area is 173 Å². The molecule has 2 aliphatic rings. The van der Waals surface area contributed by atoms with Gasteiger partial charge < -0.3 is 5.32 Å². The molecule has 1 fully saturated rings. The molecule has 1 saturated heterocycles. The Morgan fingerprint density at radius 3 is 2.45 bits per heavy atom. The van der Waals surface area contributed by atoms with Gasteiger partial charge in [0.1, 0.15) is 0 Å². The molecule has 4 rings (SSSR count). The molecule has 2 aromatic carbocycles. The lowest BCUT2D eigenvalue weighted by molar-refractivity contribution is 0.0939. The van der Waals surface area contributed by atoms with E-state index in [4.69, 9.17) is 0 Å². The summed E-state index contributed by atoms with van der Waals surface area (Å²) in [7, 11) is -3.53. The molecule has 0 aromatic heterocycles. The smallest absolute Gasteiger partial charge is 0.251 e. The molecule has 1 aliphatic heterocycles. The van der Waals surface area contributed by atoms with Gasteiger partial charge in [0.05, 0.1) is 10.9 Å². The highest BCUT2D eigenvalue weighted by Gasteiger charge is 2.27. The number of hydrogen-bond donors (Lipinski definition) is 1. The minimum Gasteiger partial charge on any atom is -0.346 e. The van der Waals surface area contributed by atoms with Gasteiger partial charge >= 0.3 is 0 Å². The van der Waals surface area contributed by atoms with Crippen molar-refractivity contribution >= 4 is 15.9 Å². The maximum absolute atomic E-state index is 12.8. The van der Waals surface area contributed by atoms with E-state index in [0.717, 1.165) is 31.2 Å². The first kappa shape index (κ1) is 20.1. The van der Waals surface area contributed by atoms with Crippen LogP contribution in [0, 0.1) is 0 Å². The average molecular weight is 413 g/mol. The van der Waals surface area contributed by atoms with Crippen LogP contribution in [0.1, 0.15) is 65.7 Å². The molecule has 0 saturated carbocycles. The van der Waals surface area contributed by atoms with Gasteiger partial charge in [-0.3, -0.25) is 4.79 Å². The number of rotatable bonds is 5. The van der Waals surface area contributed by atoms with E-state index < -0.39 is 10.0 Å². The number of nitrogens with zero attached hydrogens (tertiary/aromatic N) is 1. The van der Waals surface area contributed by atoms with Crippen molar-refractivity contribution in [1.29, 1.82) is 0 Å². The number of benzene rings is 2. The van der Waals surface area contributed by atoms with Crippen LogP contribution in [0.2, 0.25) is 0 Å². The summed E-state index contributed by atoms with van der Waals surface area (Å²) in [5.74, 6) is -0.256. The fourth-order valence-electron chi connectivity index (χ4n) is 4.26. The number of carbonyl (C=O) groups excluding carboxylic acids is 1. The minimum atomic E-state index is -3.53. The number of hydrogen-bond acceptors (Lipinski definition) is 3. The molecular weight excluding hydrogens is 384 g/mol. The molecule has 29 heavy (non-hydrogen) atoms. The van der Waals surface area contributed by atoms with Gasteiger partial charge in [0.2, 0.25) is 10.0 Å². The molecule has 0 radical (unpaired) electrons. The molecule has 6 heteroatoms. The molecule has 0 bridgehead atoms. The van der Waals surface area contributed by atoms with Crippen molar-refractivity contribution in [2.75, 3.05) is 13.1 Å². The lowest BCUT2D eigenvalue weighted by atomic mass is 9.89. The zero-order valence-corrected chi connectivity index (χ0v) is 17.7. The maximum atomic E-state index is 12.8. The predicted molar refractivity (Wildman–Crippen MR) is 113 cm³/mol. The molecular formula is C23H28N2O3S. The van der Waals surface area contributed by atoms with Gasteiger partial charge in [-0.1, -0.05) is 24.3 Å². The Kier molecular flexibility index (Phi) is 5.74. The molecule has 154 valence electrons. The quantitative estimate of drug-likeness (QED) is 0.811. The third-order valence-corrected chi connectivity index (χ3v) is 7.91. The lowest BCUT2D eigenvalue weighted by Gasteiger charge is -2.20. The number of sulfonamides is 1. The van der Waals surface area contributed by atoms with Gasteiger partial charge in [-0.05, 0) is 80.3 Å². The molecule has 1 heterocycles. The maximum Gasteiger partial charge on any atom is 0.251 e. The molecule has 2 aromatic rings. The fourth-order valence-corrected chi connectivity index (χ4v) is 5.82. The van der Waals surface area contributed by atoms with Gasteiger partial charge in [-0.15, -0.1) is 0 Å². The summed E-state index contributed by atoms with van der Waals surface area (Å²) < 4.78 is 27.1. The van der Waals surface area contributed by atoms with Crippen LogP contribution in [0.5, 0.6) is 0 Å². The van der Waals surface area contributed by atoms with Gasteiger partial charge in [-0.25, -0.2) is 8.42 Å². The number of amides is 1. The van der Waals surface area contributed by atoms with Crippen molar-refractivity contribution in [3.8, 4) is 0 Å². The van der Waals surface area contributed by atoms with Crippen molar-refractivity contribution in [2.24, 2.45) is 0 Å². The first-order valence-corrected chi connectivity index (χ1v) is 11.9. The van der Waals surface area contributed by atoms with E-state index in [2.05, 4.69) is 23.5 Å². The second-order valence-corrected chi connectivity index (χ2v) is 10.0. The van der Waals surface area contributed by atoms with Gasteiger partial charge in [0.15, 0.2) is 0 Å². The normalized spacial score (nSPS) is 18.2. The van der Waals surface area contributed by atoms with Crippen LogP contribution < -0.4 is 5.32 Å². The predicted octanol–water partition coefficient (Wildman–Crippen LogP) is 3.84. The Morgan fingerprint density at radius 2 is 1.69 bits per heavy atom. The highest BCUT2D eigenvalue weighted by atomic mass is 32.2. The summed E-state index contributed by atoms with van der Waals surface area (Å²) in [5, 5.41) is 3.02. The summed E-state index contributed by atoms with van der Waals surface area (Å²) in [6, 6.07) is 12.7. The van der Waals surface area contributed by atoms with E-state index in [1.165, 1.54) is 34.3 Å². The largest absolute Gasteiger partial charge is 0.346 e. The van der Waals surface area contributed by atoms with Gasteiger partial charge in [-0.2, -0.15) is 4.31 Å². The van der Waals surface area contributed by atoms with Crippen LogP contribution in [0.3, 0.4) is 0 Å². The third-order valence-electron chi connectivity index (χ3n) is 6.02. The van der Waals surface area contributed by atoms with E-state index in [0.29, 0.717) is 18.7 Å². The Hall–Kier alpha value is -2.18. The zero-order chi connectivity index (χ0) is 20.4. The lowest BCUT2D eigenvalue weighted by Crippen LogP contribution is -2.29. The molecule has 1 aliphatic carbocycles. The fraction of sp³-hybridized carbons (Fsp3) is 0.435. The van der Waals surface area contributed by atoms with Gasteiger partial charge in [0, 0.05) is 18.7 Å². The van der Waals surface area contributed by atoms with E-state index in [-0.39, 0.29) is 16.8 Å². The van der Waals surface area contributed by atoms with Gasteiger partial charge in [0.25, 0.3) is 5.91 Å². The summed E-state index contributed by atoms with van der Waals surface area (Å²) >= 11 is 0. The molecule has 5 nitrogen and oxygen atoms in total. The summed E-state index contributed by atoms with van der Waals surface area (Å²) in [6.07, 6.45) is 6.47. The van der Waals surface area contributed by atoms with Crippen LogP contribution in [-0.4, -0.2) is 31.7 Å². The van der Waals surface area contributed by atoms with Crippen molar-refractivity contribution < 1.29 is 13.2 Å². The number of carbonyl (C=O) groups is 1. The standard InChI is InChI=1S/C23H28N2O3S/c1-17(19-12-11-18-7-2-3-8-20(18)15-19)24-23(26)21-9-6-10-22(16-21)29(27,28)25-13-4-5-14-25/h6,9-12,15-17H,2-5,7-8,13-14H2,1H3,(H,24,26)/t17-/m1/s1. The summed E-state index contributed by atoms with van der Waals surface area (Å²) in [4.78, 5) is 13.0. The van der Waals surface area contributed by atoms with E-state index in [9.17, 15) is 13.2 Å². The first-order valence-electron chi connectivity index (χ1n) is 10.5. The zero-order valence-electron chi connectivity index (χ0n) is 16.9. The van der Waals surface area contributed by atoms with Crippen molar-refractivity contribution in [1.82, 2.24) is 9.62 Å². The van der Waals surface area contributed by atoms with E-state index in [1.54, 1.807) is 18.2 Å². The van der Waals surface area contributed by atoms with Crippen molar-refractivity contribution in [3.05, 3.63) is 64.7 Å². The second kappa shape index (κ2) is 8.28. The summed E-state index contributed by atoms with van der Waals surface area (Å²) in [6.45, 7) is 3.06. The minimum absolute atomic E-state index is 0.145.